The first-order valence-corrected chi connectivity index (χ1v) is 7.23. The minimum atomic E-state index is -0.544. The molecule has 0 bridgehead atoms. The summed E-state index contributed by atoms with van der Waals surface area (Å²) in [4.78, 5) is 14.1. The fraction of sp³-hybridized carbons (Fsp3) is 0.909. The number of nitrogens with zero attached hydrogens (tertiary/aromatic N) is 1. The molecule has 16 heavy (non-hydrogen) atoms. The third-order valence-electron chi connectivity index (χ3n) is 3.52. The van der Waals surface area contributed by atoms with Crippen LogP contribution in [0.25, 0.3) is 0 Å². The van der Waals surface area contributed by atoms with Gasteiger partial charge in [0.05, 0.1) is 5.54 Å². The van der Waals surface area contributed by atoms with Crippen LogP contribution in [0.4, 0.5) is 0 Å². The number of nitrogens with two attached hydrogens (primary N) is 1. The predicted octanol–water partition coefficient (Wildman–Crippen LogP) is 0.0328. The lowest BCUT2D eigenvalue weighted by molar-refractivity contribution is -0.129. The van der Waals surface area contributed by atoms with Crippen LogP contribution >= 0.6 is 11.8 Å². The summed E-state index contributed by atoms with van der Waals surface area (Å²) in [6.07, 6.45) is 2.78. The Hall–Kier alpha value is -0.260. The van der Waals surface area contributed by atoms with Gasteiger partial charge >= 0.3 is 0 Å². The van der Waals surface area contributed by atoms with Gasteiger partial charge < -0.3 is 11.1 Å². The standard InChI is InChI=1S/C11H21N3OS/c12-11(2-1-3-11)10(15)13-4-5-14-6-8-16-9-7-14/h1-9,12H2,(H,13,15). The van der Waals surface area contributed by atoms with Crippen molar-refractivity contribution in [3.63, 3.8) is 0 Å². The minimum Gasteiger partial charge on any atom is -0.353 e. The average molecular weight is 243 g/mol. The van der Waals surface area contributed by atoms with Gasteiger partial charge in [-0.1, -0.05) is 0 Å². The van der Waals surface area contributed by atoms with Gasteiger partial charge in [0.25, 0.3) is 0 Å². The van der Waals surface area contributed by atoms with E-state index in [0.29, 0.717) is 0 Å². The van der Waals surface area contributed by atoms with Crippen LogP contribution in [0.5, 0.6) is 0 Å². The van der Waals surface area contributed by atoms with Crippen molar-refractivity contribution in [2.45, 2.75) is 24.8 Å². The van der Waals surface area contributed by atoms with Crippen molar-refractivity contribution in [3.05, 3.63) is 0 Å². The fourth-order valence-electron chi connectivity index (χ4n) is 2.11. The van der Waals surface area contributed by atoms with Gasteiger partial charge in [0, 0.05) is 37.7 Å². The van der Waals surface area contributed by atoms with Crippen LogP contribution in [0.15, 0.2) is 0 Å². The average Bonchev–Trinajstić information content (AvgIpc) is 2.27. The van der Waals surface area contributed by atoms with Gasteiger partial charge in [-0.3, -0.25) is 9.69 Å². The molecule has 0 aromatic heterocycles. The molecule has 2 aliphatic rings. The summed E-state index contributed by atoms with van der Waals surface area (Å²) in [5.41, 5.74) is 5.39. The van der Waals surface area contributed by atoms with Crippen molar-refractivity contribution < 1.29 is 4.79 Å². The van der Waals surface area contributed by atoms with E-state index < -0.39 is 5.54 Å². The molecule has 0 atom stereocenters. The van der Waals surface area contributed by atoms with Crippen LogP contribution in [-0.4, -0.2) is 54.0 Å². The quantitative estimate of drug-likeness (QED) is 0.731. The summed E-state index contributed by atoms with van der Waals surface area (Å²) < 4.78 is 0. The SMILES string of the molecule is NC1(C(=O)NCCN2CCSCC2)CCC1. The van der Waals surface area contributed by atoms with Crippen LogP contribution < -0.4 is 11.1 Å². The molecule has 0 unspecified atom stereocenters. The smallest absolute Gasteiger partial charge is 0.240 e. The van der Waals surface area contributed by atoms with Crippen molar-refractivity contribution in [1.82, 2.24) is 10.2 Å². The fourth-order valence-corrected chi connectivity index (χ4v) is 3.09. The first kappa shape index (κ1) is 12.2. The molecule has 1 saturated carbocycles. The lowest BCUT2D eigenvalue weighted by Gasteiger charge is -2.36. The van der Waals surface area contributed by atoms with Crippen LogP contribution in [0, 0.1) is 0 Å². The molecular weight excluding hydrogens is 222 g/mol. The summed E-state index contributed by atoms with van der Waals surface area (Å²) in [6, 6.07) is 0. The van der Waals surface area contributed by atoms with Crippen molar-refractivity contribution >= 4 is 17.7 Å². The molecule has 2 fully saturated rings. The molecule has 1 saturated heterocycles. The van der Waals surface area contributed by atoms with E-state index in [0.717, 1.165) is 45.4 Å². The summed E-state index contributed by atoms with van der Waals surface area (Å²) in [5, 5.41) is 2.96. The molecule has 0 radical (unpaired) electrons. The molecule has 5 heteroatoms. The van der Waals surface area contributed by atoms with Crippen molar-refractivity contribution in [2.75, 3.05) is 37.7 Å². The third-order valence-corrected chi connectivity index (χ3v) is 4.46. The Morgan fingerprint density at radius 3 is 2.62 bits per heavy atom. The largest absolute Gasteiger partial charge is 0.353 e. The van der Waals surface area contributed by atoms with Crippen molar-refractivity contribution in [3.8, 4) is 0 Å². The molecule has 0 spiro atoms. The van der Waals surface area contributed by atoms with Crippen LogP contribution in [-0.2, 0) is 4.79 Å². The number of carbonyl (C=O) groups excluding carboxylic acids is 1. The number of nitrogens with one attached hydrogen (secondary N) is 1. The highest BCUT2D eigenvalue weighted by atomic mass is 32.2. The van der Waals surface area contributed by atoms with Gasteiger partial charge in [-0.25, -0.2) is 0 Å². The Bertz CT molecular complexity index is 250. The predicted molar refractivity (Wildman–Crippen MR) is 67.5 cm³/mol. The Kier molecular flexibility index (Phi) is 4.10. The number of rotatable bonds is 4. The molecule has 92 valence electrons. The summed E-state index contributed by atoms with van der Waals surface area (Å²) in [5.74, 6) is 2.48. The number of hydrogen-bond acceptors (Lipinski definition) is 4. The normalized spacial score (nSPS) is 24.8. The summed E-state index contributed by atoms with van der Waals surface area (Å²) >= 11 is 2.01. The van der Waals surface area contributed by atoms with Gasteiger partial charge in [-0.15, -0.1) is 0 Å². The highest BCUT2D eigenvalue weighted by Gasteiger charge is 2.39. The van der Waals surface area contributed by atoms with E-state index in [2.05, 4.69) is 10.2 Å². The number of thioether (sulfide) groups is 1. The lowest BCUT2D eigenvalue weighted by Crippen LogP contribution is -2.59. The van der Waals surface area contributed by atoms with Crippen molar-refractivity contribution in [2.24, 2.45) is 5.73 Å². The second-order valence-electron chi connectivity index (χ2n) is 4.72. The molecule has 2 rings (SSSR count). The topological polar surface area (TPSA) is 58.4 Å². The molecule has 1 heterocycles. The lowest BCUT2D eigenvalue weighted by atomic mass is 9.77. The molecule has 4 nitrogen and oxygen atoms in total. The maximum absolute atomic E-state index is 11.7. The Balaban J connectivity index is 1.61. The van der Waals surface area contributed by atoms with Crippen LogP contribution in [0.2, 0.25) is 0 Å². The van der Waals surface area contributed by atoms with Gasteiger partial charge in [0.2, 0.25) is 5.91 Å². The minimum absolute atomic E-state index is 0.0464. The number of carbonyl (C=O) groups is 1. The van der Waals surface area contributed by atoms with Gasteiger partial charge in [0.1, 0.15) is 0 Å². The van der Waals surface area contributed by atoms with E-state index in [-0.39, 0.29) is 5.91 Å². The maximum atomic E-state index is 11.7. The molecule has 1 aliphatic heterocycles. The number of hydrogen-bond donors (Lipinski definition) is 2. The van der Waals surface area contributed by atoms with E-state index in [1.54, 1.807) is 0 Å². The first-order chi connectivity index (χ1) is 7.71. The zero-order valence-corrected chi connectivity index (χ0v) is 10.5. The van der Waals surface area contributed by atoms with E-state index in [9.17, 15) is 4.79 Å². The second kappa shape index (κ2) is 5.38. The van der Waals surface area contributed by atoms with Crippen molar-refractivity contribution in [1.29, 1.82) is 0 Å². The second-order valence-corrected chi connectivity index (χ2v) is 5.94. The zero-order chi connectivity index (χ0) is 11.4. The summed E-state index contributed by atoms with van der Waals surface area (Å²) in [7, 11) is 0. The highest BCUT2D eigenvalue weighted by molar-refractivity contribution is 7.99. The maximum Gasteiger partial charge on any atom is 0.240 e. The monoisotopic (exact) mass is 243 g/mol. The highest BCUT2D eigenvalue weighted by Crippen LogP contribution is 2.28. The van der Waals surface area contributed by atoms with E-state index in [4.69, 9.17) is 5.73 Å². The molecular formula is C11H21N3OS. The van der Waals surface area contributed by atoms with E-state index in [1.165, 1.54) is 11.5 Å². The van der Waals surface area contributed by atoms with Crippen LogP contribution in [0.3, 0.4) is 0 Å². The Morgan fingerprint density at radius 2 is 2.06 bits per heavy atom. The molecule has 3 N–H and O–H groups in total. The molecule has 1 aliphatic carbocycles. The van der Waals surface area contributed by atoms with E-state index >= 15 is 0 Å². The third kappa shape index (κ3) is 2.90. The zero-order valence-electron chi connectivity index (χ0n) is 9.71. The van der Waals surface area contributed by atoms with Gasteiger partial charge in [-0.2, -0.15) is 11.8 Å². The van der Waals surface area contributed by atoms with Crippen LogP contribution in [0.1, 0.15) is 19.3 Å². The van der Waals surface area contributed by atoms with Gasteiger partial charge in [0.15, 0.2) is 0 Å². The molecule has 0 aromatic carbocycles. The summed E-state index contributed by atoms with van der Waals surface area (Å²) in [6.45, 7) is 3.99. The first-order valence-electron chi connectivity index (χ1n) is 6.08. The molecule has 1 amide bonds. The Morgan fingerprint density at radius 1 is 1.38 bits per heavy atom. The molecule has 0 aromatic rings. The Labute approximate surface area is 101 Å². The van der Waals surface area contributed by atoms with E-state index in [1.807, 2.05) is 11.8 Å². The van der Waals surface area contributed by atoms with Gasteiger partial charge in [-0.05, 0) is 19.3 Å². The number of amides is 1.